The molecule has 26 heavy (non-hydrogen) atoms. The van der Waals surface area contributed by atoms with Crippen LogP contribution in [0.15, 0.2) is 24.3 Å². The van der Waals surface area contributed by atoms with Gasteiger partial charge in [0.05, 0.1) is 5.69 Å². The van der Waals surface area contributed by atoms with E-state index < -0.39 is 0 Å². The third kappa shape index (κ3) is 2.76. The highest BCUT2D eigenvalue weighted by molar-refractivity contribution is 7.16. The summed E-state index contributed by atoms with van der Waals surface area (Å²) in [5, 5.41) is 1.99. The maximum atomic E-state index is 6.22. The van der Waals surface area contributed by atoms with Crippen molar-refractivity contribution < 1.29 is 4.74 Å². The van der Waals surface area contributed by atoms with Crippen molar-refractivity contribution in [1.29, 1.82) is 0 Å². The van der Waals surface area contributed by atoms with Crippen LogP contribution in [0, 0.1) is 27.7 Å². The Morgan fingerprint density at radius 3 is 1.65 bits per heavy atom. The number of rotatable bonds is 1. The van der Waals surface area contributed by atoms with Gasteiger partial charge in [-0.25, -0.2) is 0 Å². The van der Waals surface area contributed by atoms with Gasteiger partial charge in [-0.2, -0.15) is 0 Å². The Hall–Kier alpha value is -1.78. The molecule has 0 aliphatic carbocycles. The highest BCUT2D eigenvalue weighted by Gasteiger charge is 2.31. The van der Waals surface area contributed by atoms with Gasteiger partial charge in [0.2, 0.25) is 10.1 Å². The molecule has 3 heterocycles. The Labute approximate surface area is 164 Å². The molecular formula is C22H25NOS2. The van der Waals surface area contributed by atoms with E-state index in [2.05, 4.69) is 77.6 Å². The van der Waals surface area contributed by atoms with E-state index in [4.69, 9.17) is 4.74 Å². The molecule has 1 aliphatic rings. The Morgan fingerprint density at radius 2 is 1.23 bits per heavy atom. The molecule has 1 aliphatic heterocycles. The van der Waals surface area contributed by atoms with E-state index in [-0.39, 0.29) is 5.41 Å². The van der Waals surface area contributed by atoms with Gasteiger partial charge < -0.3 is 9.64 Å². The molecule has 0 N–H and O–H groups in total. The van der Waals surface area contributed by atoms with Crippen molar-refractivity contribution >= 4 is 39.7 Å². The first kappa shape index (κ1) is 17.6. The maximum Gasteiger partial charge on any atom is 0.206 e. The van der Waals surface area contributed by atoms with Crippen LogP contribution in [-0.2, 0) is 5.41 Å². The molecule has 1 aromatic carbocycles. The monoisotopic (exact) mass is 383 g/mol. The molecule has 0 bridgehead atoms. The molecule has 0 saturated heterocycles. The summed E-state index contributed by atoms with van der Waals surface area (Å²) in [5.41, 5.74) is 7.74. The Bertz CT molecular complexity index is 935. The molecule has 136 valence electrons. The average Bonchev–Trinajstić information content (AvgIpc) is 3.05. The standard InChI is InChI=1S/C22H25NOS2/c1-12-8-16(22(5,6)7)9-13(2)19(12)23-17-10-14(3)25-20(17)24-21-18(23)11-15(4)26-21/h8-11H,1-7H3. The summed E-state index contributed by atoms with van der Waals surface area (Å²) in [7, 11) is 0. The summed E-state index contributed by atoms with van der Waals surface area (Å²) in [5.74, 6) is 0. The summed E-state index contributed by atoms with van der Waals surface area (Å²) in [6, 6.07) is 9.17. The normalized spacial score (nSPS) is 13.4. The first-order valence-electron chi connectivity index (χ1n) is 8.95. The minimum absolute atomic E-state index is 0.146. The third-order valence-electron chi connectivity index (χ3n) is 4.85. The molecule has 0 amide bonds. The summed E-state index contributed by atoms with van der Waals surface area (Å²) >= 11 is 3.45. The maximum absolute atomic E-state index is 6.22. The number of hydrogen-bond acceptors (Lipinski definition) is 4. The lowest BCUT2D eigenvalue weighted by Crippen LogP contribution is -2.17. The van der Waals surface area contributed by atoms with Crippen molar-refractivity contribution in [2.75, 3.05) is 4.90 Å². The van der Waals surface area contributed by atoms with Crippen LogP contribution in [0.4, 0.5) is 17.1 Å². The minimum Gasteiger partial charge on any atom is -0.431 e. The molecule has 0 spiro atoms. The smallest absolute Gasteiger partial charge is 0.206 e. The van der Waals surface area contributed by atoms with E-state index in [1.54, 1.807) is 22.7 Å². The number of thiophene rings is 2. The van der Waals surface area contributed by atoms with E-state index in [9.17, 15) is 0 Å². The van der Waals surface area contributed by atoms with Crippen molar-refractivity contribution in [3.63, 3.8) is 0 Å². The largest absolute Gasteiger partial charge is 0.431 e. The van der Waals surface area contributed by atoms with Gasteiger partial charge in [-0.15, -0.1) is 22.7 Å². The summed E-state index contributed by atoms with van der Waals surface area (Å²) < 4.78 is 6.22. The number of ether oxygens (including phenoxy) is 1. The lowest BCUT2D eigenvalue weighted by atomic mass is 9.84. The van der Waals surface area contributed by atoms with Crippen molar-refractivity contribution in [1.82, 2.24) is 0 Å². The Balaban J connectivity index is 1.96. The Morgan fingerprint density at radius 1 is 0.769 bits per heavy atom. The quantitative estimate of drug-likeness (QED) is 0.331. The van der Waals surface area contributed by atoms with Crippen LogP contribution >= 0.6 is 22.7 Å². The lowest BCUT2D eigenvalue weighted by Gasteiger charge is -2.32. The Kier molecular flexibility index (Phi) is 3.97. The zero-order chi connectivity index (χ0) is 18.8. The number of fused-ring (bicyclic) bond motifs is 2. The van der Waals surface area contributed by atoms with Crippen LogP contribution in [0.1, 0.15) is 47.2 Å². The number of benzene rings is 1. The topological polar surface area (TPSA) is 12.5 Å². The fourth-order valence-corrected chi connectivity index (χ4v) is 5.35. The molecule has 0 radical (unpaired) electrons. The van der Waals surface area contributed by atoms with E-state index in [0.29, 0.717) is 0 Å². The van der Waals surface area contributed by atoms with E-state index in [1.807, 2.05) is 0 Å². The number of anilines is 3. The summed E-state index contributed by atoms with van der Waals surface area (Å²) in [4.78, 5) is 4.94. The van der Waals surface area contributed by atoms with Crippen LogP contribution in [-0.4, -0.2) is 0 Å². The van der Waals surface area contributed by atoms with Gasteiger partial charge in [0.15, 0.2) is 0 Å². The summed E-state index contributed by atoms with van der Waals surface area (Å²) in [6.07, 6.45) is 0. The predicted octanol–water partition coefficient (Wildman–Crippen LogP) is 7.92. The van der Waals surface area contributed by atoms with Crippen LogP contribution in [0.3, 0.4) is 0 Å². The molecule has 0 atom stereocenters. The van der Waals surface area contributed by atoms with Crippen molar-refractivity contribution in [2.45, 2.75) is 53.9 Å². The van der Waals surface area contributed by atoms with Gasteiger partial charge in [0, 0.05) is 9.75 Å². The van der Waals surface area contributed by atoms with Gasteiger partial charge in [0.1, 0.15) is 11.4 Å². The summed E-state index contributed by atoms with van der Waals surface area (Å²) in [6.45, 7) is 15.6. The van der Waals surface area contributed by atoms with Gasteiger partial charge in [-0.1, -0.05) is 32.9 Å². The second-order valence-electron chi connectivity index (χ2n) is 8.21. The fraction of sp³-hybridized carbons (Fsp3) is 0.364. The minimum atomic E-state index is 0.146. The van der Waals surface area contributed by atoms with Crippen LogP contribution < -0.4 is 9.64 Å². The zero-order valence-corrected chi connectivity index (χ0v) is 18.1. The number of aryl methyl sites for hydroxylation is 4. The van der Waals surface area contributed by atoms with Crippen LogP contribution in [0.2, 0.25) is 0 Å². The molecule has 2 aromatic heterocycles. The number of nitrogens with zero attached hydrogens (tertiary/aromatic N) is 1. The number of hydrogen-bond donors (Lipinski definition) is 0. The third-order valence-corrected chi connectivity index (χ3v) is 6.69. The second kappa shape index (κ2) is 5.86. The SMILES string of the molecule is Cc1cc2c(s1)Oc1sc(C)cc1N2c1c(C)cc(C(C)(C)C)cc1C. The molecule has 0 fully saturated rings. The zero-order valence-electron chi connectivity index (χ0n) is 16.5. The molecule has 4 rings (SSSR count). The van der Waals surface area contributed by atoms with Crippen LogP contribution in [0.25, 0.3) is 0 Å². The highest BCUT2D eigenvalue weighted by atomic mass is 32.1. The molecule has 4 heteroatoms. The van der Waals surface area contributed by atoms with Crippen LogP contribution in [0.5, 0.6) is 10.1 Å². The van der Waals surface area contributed by atoms with Gasteiger partial charge >= 0.3 is 0 Å². The molecule has 0 unspecified atom stereocenters. The van der Waals surface area contributed by atoms with Gasteiger partial charge in [0.25, 0.3) is 0 Å². The van der Waals surface area contributed by atoms with E-state index in [0.717, 1.165) is 21.5 Å². The van der Waals surface area contributed by atoms with Crippen molar-refractivity contribution in [2.24, 2.45) is 0 Å². The second-order valence-corrected chi connectivity index (χ2v) is 10.6. The average molecular weight is 384 g/mol. The lowest BCUT2D eigenvalue weighted by molar-refractivity contribution is 0.505. The van der Waals surface area contributed by atoms with Crippen molar-refractivity contribution in [3.8, 4) is 10.1 Å². The van der Waals surface area contributed by atoms with Gasteiger partial charge in [-0.3, -0.25) is 0 Å². The highest BCUT2D eigenvalue weighted by Crippen LogP contribution is 2.57. The molecular weight excluding hydrogens is 358 g/mol. The first-order valence-corrected chi connectivity index (χ1v) is 10.6. The predicted molar refractivity (Wildman–Crippen MR) is 115 cm³/mol. The van der Waals surface area contributed by atoms with E-state index >= 15 is 0 Å². The molecule has 2 nitrogen and oxygen atoms in total. The molecule has 3 aromatic rings. The fourth-order valence-electron chi connectivity index (χ4n) is 3.61. The first-order chi connectivity index (χ1) is 12.1. The van der Waals surface area contributed by atoms with E-state index in [1.165, 1.54) is 32.1 Å². The molecule has 0 saturated carbocycles. The van der Waals surface area contributed by atoms with Gasteiger partial charge in [-0.05, 0) is 61.9 Å². The van der Waals surface area contributed by atoms with Crippen molar-refractivity contribution in [3.05, 3.63) is 50.7 Å².